The van der Waals surface area contributed by atoms with Crippen LogP contribution in [0.3, 0.4) is 0 Å². The molecule has 0 bridgehead atoms. The summed E-state index contributed by atoms with van der Waals surface area (Å²) in [5.74, 6) is 0.0822. The maximum atomic E-state index is 13.5. The zero-order valence-electron chi connectivity index (χ0n) is 15.3. The van der Waals surface area contributed by atoms with Crippen molar-refractivity contribution in [1.29, 1.82) is 0 Å². The van der Waals surface area contributed by atoms with Crippen LogP contribution >= 0.6 is 0 Å². The van der Waals surface area contributed by atoms with Gasteiger partial charge in [0, 0.05) is 5.56 Å². The van der Waals surface area contributed by atoms with Gasteiger partial charge in [-0.2, -0.15) is 13.2 Å². The number of hydrogen-bond acceptors (Lipinski definition) is 1. The molecule has 144 valence electrons. The number of halogens is 3. The molecule has 2 aromatic rings. The molecular weight excluding hydrogens is 351 g/mol. The number of nitrogens with one attached hydrogen (secondary N) is 1. The Morgan fingerprint density at radius 1 is 1.11 bits per heavy atom. The minimum Gasteiger partial charge on any atom is -0.345 e. The number of hydrogen-bond donors (Lipinski definition) is 1. The Labute approximate surface area is 157 Å². The molecule has 0 aromatic heterocycles. The number of unbranched alkanes of at least 4 members (excludes halogenated alkanes) is 1. The average Bonchev–Trinajstić information content (AvgIpc) is 3.43. The van der Waals surface area contributed by atoms with Crippen molar-refractivity contribution in [2.45, 2.75) is 44.8 Å². The van der Waals surface area contributed by atoms with Gasteiger partial charge in [0.25, 0.3) is 5.91 Å². The fourth-order valence-electron chi connectivity index (χ4n) is 3.73. The van der Waals surface area contributed by atoms with Crippen LogP contribution in [0.4, 0.5) is 13.2 Å². The molecule has 3 atom stereocenters. The number of carbonyl (C=O) groups is 1. The molecule has 1 N–H and O–H groups in total. The van der Waals surface area contributed by atoms with Crippen molar-refractivity contribution in [2.24, 2.45) is 11.8 Å². The molecule has 0 aliphatic heterocycles. The first-order valence-corrected chi connectivity index (χ1v) is 9.43. The van der Waals surface area contributed by atoms with Crippen LogP contribution in [-0.2, 0) is 6.18 Å². The Balaban J connectivity index is 1.89. The van der Waals surface area contributed by atoms with Crippen molar-refractivity contribution < 1.29 is 18.0 Å². The van der Waals surface area contributed by atoms with Crippen LogP contribution in [0.2, 0.25) is 0 Å². The van der Waals surface area contributed by atoms with Crippen molar-refractivity contribution in [1.82, 2.24) is 5.32 Å². The summed E-state index contributed by atoms with van der Waals surface area (Å²) in [7, 11) is 0. The molecule has 3 rings (SSSR count). The zero-order chi connectivity index (χ0) is 19.4. The minimum absolute atomic E-state index is 0.0488. The molecule has 1 saturated carbocycles. The molecule has 0 radical (unpaired) electrons. The van der Waals surface area contributed by atoms with E-state index < -0.39 is 17.8 Å². The van der Waals surface area contributed by atoms with Gasteiger partial charge in [-0.1, -0.05) is 62.6 Å². The van der Waals surface area contributed by atoms with Gasteiger partial charge < -0.3 is 5.32 Å². The number of benzene rings is 2. The Morgan fingerprint density at radius 3 is 2.44 bits per heavy atom. The number of alkyl halides is 3. The molecule has 0 heterocycles. The summed E-state index contributed by atoms with van der Waals surface area (Å²) in [6.07, 6.45) is -0.482. The van der Waals surface area contributed by atoms with Crippen LogP contribution in [0.25, 0.3) is 0 Å². The third kappa shape index (κ3) is 4.71. The normalized spacial score (nSPS) is 20.1. The first-order chi connectivity index (χ1) is 12.9. The monoisotopic (exact) mass is 375 g/mol. The second kappa shape index (κ2) is 8.15. The Bertz CT molecular complexity index is 773. The van der Waals surface area contributed by atoms with Crippen LogP contribution in [0.5, 0.6) is 0 Å². The van der Waals surface area contributed by atoms with Crippen LogP contribution in [0.15, 0.2) is 54.6 Å². The Morgan fingerprint density at radius 2 is 1.78 bits per heavy atom. The minimum atomic E-state index is -4.44. The fourth-order valence-corrected chi connectivity index (χ4v) is 3.73. The van der Waals surface area contributed by atoms with Gasteiger partial charge >= 0.3 is 6.18 Å². The Hall–Kier alpha value is -2.30. The van der Waals surface area contributed by atoms with E-state index in [1.54, 1.807) is 36.4 Å². The summed E-state index contributed by atoms with van der Waals surface area (Å²) < 4.78 is 40.6. The van der Waals surface area contributed by atoms with E-state index in [4.69, 9.17) is 0 Å². The second-order valence-electron chi connectivity index (χ2n) is 7.20. The Kier molecular flexibility index (Phi) is 5.88. The third-order valence-electron chi connectivity index (χ3n) is 5.26. The highest BCUT2D eigenvalue weighted by Gasteiger charge is 2.46. The maximum Gasteiger partial charge on any atom is 0.416 e. The van der Waals surface area contributed by atoms with E-state index in [1.807, 2.05) is 0 Å². The maximum absolute atomic E-state index is 13.5. The summed E-state index contributed by atoms with van der Waals surface area (Å²) in [6, 6.07) is 13.6. The SMILES string of the molecule is CCCC[C@@H]1C[C@H]1[C@@H](NC(=O)c1ccccc1)c1ccccc1C(F)(F)F. The first kappa shape index (κ1) is 19.5. The molecule has 1 amide bonds. The van der Waals surface area contributed by atoms with Gasteiger partial charge in [-0.3, -0.25) is 4.79 Å². The molecule has 2 nitrogen and oxygen atoms in total. The van der Waals surface area contributed by atoms with E-state index >= 15 is 0 Å². The van der Waals surface area contributed by atoms with Crippen LogP contribution in [-0.4, -0.2) is 5.91 Å². The van der Waals surface area contributed by atoms with Crippen molar-refractivity contribution >= 4 is 5.91 Å². The van der Waals surface area contributed by atoms with E-state index in [2.05, 4.69) is 12.2 Å². The molecule has 5 heteroatoms. The lowest BCUT2D eigenvalue weighted by Crippen LogP contribution is -2.32. The standard InChI is InChI=1S/C22H24F3NO/c1-2-3-9-16-14-18(16)20(26-21(27)15-10-5-4-6-11-15)17-12-7-8-13-19(17)22(23,24)25/h4-8,10-13,16,18,20H,2-3,9,14H2,1H3,(H,26,27)/t16-,18-,20+/m1/s1. The lowest BCUT2D eigenvalue weighted by Gasteiger charge is -2.23. The van der Waals surface area contributed by atoms with Gasteiger partial charge in [0.05, 0.1) is 11.6 Å². The average molecular weight is 375 g/mol. The van der Waals surface area contributed by atoms with E-state index in [-0.39, 0.29) is 17.4 Å². The largest absolute Gasteiger partial charge is 0.416 e. The summed E-state index contributed by atoms with van der Waals surface area (Å²) in [4.78, 5) is 12.6. The van der Waals surface area contributed by atoms with E-state index in [0.717, 1.165) is 31.7 Å². The van der Waals surface area contributed by atoms with Gasteiger partial charge in [-0.25, -0.2) is 0 Å². The number of rotatable bonds is 7. The predicted octanol–water partition coefficient (Wildman–Crippen LogP) is 6.00. The summed E-state index contributed by atoms with van der Waals surface area (Å²) in [5, 5.41) is 2.89. The quantitative estimate of drug-likeness (QED) is 0.631. The molecule has 1 fully saturated rings. The first-order valence-electron chi connectivity index (χ1n) is 9.43. The van der Waals surface area contributed by atoms with Crippen LogP contribution < -0.4 is 5.32 Å². The third-order valence-corrected chi connectivity index (χ3v) is 5.26. The molecule has 27 heavy (non-hydrogen) atoms. The molecule has 2 aromatic carbocycles. The van der Waals surface area contributed by atoms with Crippen LogP contribution in [0, 0.1) is 11.8 Å². The molecule has 0 spiro atoms. The highest BCUT2D eigenvalue weighted by Crippen LogP contribution is 2.51. The van der Waals surface area contributed by atoms with Crippen molar-refractivity contribution in [3.05, 3.63) is 71.3 Å². The molecular formula is C22H24F3NO. The van der Waals surface area contributed by atoms with Gasteiger partial charge in [0.15, 0.2) is 0 Å². The van der Waals surface area contributed by atoms with Gasteiger partial charge in [0.1, 0.15) is 0 Å². The van der Waals surface area contributed by atoms with Gasteiger partial charge in [0.2, 0.25) is 0 Å². The fraction of sp³-hybridized carbons (Fsp3) is 0.409. The molecule has 1 aliphatic rings. The lowest BCUT2D eigenvalue weighted by molar-refractivity contribution is -0.138. The molecule has 1 aliphatic carbocycles. The van der Waals surface area contributed by atoms with Crippen LogP contribution in [0.1, 0.15) is 60.1 Å². The molecule has 0 saturated heterocycles. The van der Waals surface area contributed by atoms with E-state index in [9.17, 15) is 18.0 Å². The summed E-state index contributed by atoms with van der Waals surface area (Å²) in [6.45, 7) is 2.10. The molecule has 0 unspecified atom stereocenters. The van der Waals surface area contributed by atoms with Gasteiger partial charge in [-0.15, -0.1) is 0 Å². The summed E-state index contributed by atoms with van der Waals surface area (Å²) in [5.41, 5.74) is -0.0412. The highest BCUT2D eigenvalue weighted by atomic mass is 19.4. The lowest BCUT2D eigenvalue weighted by atomic mass is 9.94. The van der Waals surface area contributed by atoms with Crippen molar-refractivity contribution in [2.75, 3.05) is 0 Å². The predicted molar refractivity (Wildman–Crippen MR) is 99.2 cm³/mol. The van der Waals surface area contributed by atoms with E-state index in [0.29, 0.717) is 11.5 Å². The smallest absolute Gasteiger partial charge is 0.345 e. The highest BCUT2D eigenvalue weighted by molar-refractivity contribution is 5.94. The number of carbonyl (C=O) groups excluding carboxylic acids is 1. The van der Waals surface area contributed by atoms with Crippen molar-refractivity contribution in [3.63, 3.8) is 0 Å². The summed E-state index contributed by atoms with van der Waals surface area (Å²) >= 11 is 0. The van der Waals surface area contributed by atoms with Gasteiger partial charge in [-0.05, 0) is 42.0 Å². The van der Waals surface area contributed by atoms with Crippen molar-refractivity contribution in [3.8, 4) is 0 Å². The second-order valence-corrected chi connectivity index (χ2v) is 7.20. The topological polar surface area (TPSA) is 29.1 Å². The number of amides is 1. The van der Waals surface area contributed by atoms with E-state index in [1.165, 1.54) is 12.1 Å². The zero-order valence-corrected chi connectivity index (χ0v) is 15.3.